The third kappa shape index (κ3) is 5.81. The van der Waals surface area contributed by atoms with Gasteiger partial charge in [-0.25, -0.2) is 4.79 Å². The summed E-state index contributed by atoms with van der Waals surface area (Å²) in [6.07, 6.45) is 3.03. The first-order valence-corrected chi connectivity index (χ1v) is 14.5. The Morgan fingerprint density at radius 3 is 1.95 bits per heavy atom. The number of aromatic nitrogens is 1. The molecule has 0 aliphatic rings. The van der Waals surface area contributed by atoms with Crippen molar-refractivity contribution in [3.63, 3.8) is 0 Å². The number of aromatic amines is 1. The molecule has 0 spiro atoms. The van der Waals surface area contributed by atoms with Crippen molar-refractivity contribution in [2.45, 2.75) is 52.4 Å². The summed E-state index contributed by atoms with van der Waals surface area (Å²) in [5, 5.41) is 25.2. The van der Waals surface area contributed by atoms with Gasteiger partial charge < -0.3 is 15.7 Å². The molecule has 6 aromatic rings. The molecule has 2 heterocycles. The molecule has 5 N–H and O–H groups in total. The highest BCUT2D eigenvalue weighted by atomic mass is 16.4. The van der Waals surface area contributed by atoms with Crippen molar-refractivity contribution in [2.24, 2.45) is 0 Å². The highest BCUT2D eigenvalue weighted by molar-refractivity contribution is 6.30. The Labute approximate surface area is 253 Å². The lowest BCUT2D eigenvalue weighted by Gasteiger charge is -2.19. The van der Waals surface area contributed by atoms with Gasteiger partial charge in [-0.05, 0) is 71.8 Å². The van der Waals surface area contributed by atoms with E-state index in [0.29, 0.717) is 11.4 Å². The van der Waals surface area contributed by atoms with Crippen LogP contribution in [0.3, 0.4) is 0 Å². The summed E-state index contributed by atoms with van der Waals surface area (Å²) in [5.41, 5.74) is 1.09. The number of carboxylic acids is 1. The first kappa shape index (κ1) is 30.2. The summed E-state index contributed by atoms with van der Waals surface area (Å²) in [6.45, 7) is 8.34. The van der Waals surface area contributed by atoms with Gasteiger partial charge in [-0.15, -0.1) is 0 Å². The Morgan fingerprint density at radius 2 is 1.39 bits per heavy atom. The fourth-order valence-electron chi connectivity index (χ4n) is 5.38. The second-order valence-electron chi connectivity index (χ2n) is 11.9. The third-order valence-electron chi connectivity index (χ3n) is 7.78. The second kappa shape index (κ2) is 11.8. The van der Waals surface area contributed by atoms with Crippen molar-refractivity contribution in [1.82, 2.24) is 4.98 Å². The van der Waals surface area contributed by atoms with Crippen LogP contribution < -0.4 is 21.8 Å². The summed E-state index contributed by atoms with van der Waals surface area (Å²) < 4.78 is 0. The minimum Gasteiger partial charge on any atom is -0.478 e. The highest BCUT2D eigenvalue weighted by Gasteiger charge is 2.27. The molecular formula is C35H34N4O5. The number of amides is 1. The van der Waals surface area contributed by atoms with Gasteiger partial charge in [0, 0.05) is 44.0 Å². The molecule has 9 nitrogen and oxygen atoms in total. The lowest BCUT2D eigenvalue weighted by atomic mass is 9.87. The molecule has 0 unspecified atom stereocenters. The average molecular weight is 591 g/mol. The number of hydrogen-bond donors (Lipinski definition) is 5. The van der Waals surface area contributed by atoms with Gasteiger partial charge >= 0.3 is 5.97 Å². The van der Waals surface area contributed by atoms with Crippen LogP contribution in [0.4, 0.5) is 11.4 Å². The van der Waals surface area contributed by atoms with Gasteiger partial charge in [0.25, 0.3) is 17.0 Å². The maximum Gasteiger partial charge on any atom is 0.336 e. The van der Waals surface area contributed by atoms with Crippen LogP contribution in [0.25, 0.3) is 21.5 Å². The van der Waals surface area contributed by atoms with E-state index in [2.05, 4.69) is 43.3 Å². The molecule has 0 fully saturated rings. The van der Waals surface area contributed by atoms with Crippen LogP contribution in [-0.2, 0) is 11.8 Å². The number of amidine groups is 1. The molecule has 0 aliphatic heterocycles. The summed E-state index contributed by atoms with van der Waals surface area (Å²) >= 11 is 0. The van der Waals surface area contributed by atoms with E-state index in [4.69, 9.17) is 5.41 Å². The van der Waals surface area contributed by atoms with E-state index in [1.165, 1.54) is 18.2 Å². The first-order valence-electron chi connectivity index (χ1n) is 14.5. The molecule has 224 valence electrons. The van der Waals surface area contributed by atoms with Crippen LogP contribution in [0.1, 0.15) is 77.9 Å². The summed E-state index contributed by atoms with van der Waals surface area (Å²) in [5.74, 6) is -2.34. The van der Waals surface area contributed by atoms with Crippen molar-refractivity contribution >= 4 is 50.6 Å². The van der Waals surface area contributed by atoms with Crippen molar-refractivity contribution in [3.8, 4) is 0 Å². The number of carbonyl (C=O) groups excluding carboxylic acids is 1. The number of rotatable bonds is 8. The Kier molecular flexibility index (Phi) is 8.06. The number of unbranched alkanes of at least 4 members (excludes halogenated alkanes) is 1. The Morgan fingerprint density at radius 1 is 0.818 bits per heavy atom. The van der Waals surface area contributed by atoms with Crippen molar-refractivity contribution in [2.75, 3.05) is 10.6 Å². The third-order valence-corrected chi connectivity index (χ3v) is 7.78. The minimum atomic E-state index is -1.39. The number of benzene rings is 4. The lowest BCUT2D eigenvalue weighted by Crippen LogP contribution is -2.21. The van der Waals surface area contributed by atoms with Gasteiger partial charge in [0.15, 0.2) is 0 Å². The molecule has 44 heavy (non-hydrogen) atoms. The van der Waals surface area contributed by atoms with E-state index in [1.54, 1.807) is 24.3 Å². The van der Waals surface area contributed by atoms with Crippen molar-refractivity contribution in [1.29, 1.82) is 5.41 Å². The Bertz CT molecular complexity index is 2020. The van der Waals surface area contributed by atoms with Gasteiger partial charge in [0.1, 0.15) is 5.84 Å². The van der Waals surface area contributed by atoms with Gasteiger partial charge in [0.05, 0.1) is 5.56 Å². The normalized spacial score (nSPS) is 11.5. The van der Waals surface area contributed by atoms with Crippen LogP contribution in [-0.4, -0.2) is 27.8 Å². The SMILES string of the molecule is CCCCc1ccc(NC(=N)c2c(C(=O)O)cc(C(=O)Nc3ccc(C(C)(C)C)cc3)c3c4ccc(c(=O)[nH]c4=O)c23)cc1. The zero-order valence-corrected chi connectivity index (χ0v) is 25.1. The minimum absolute atomic E-state index is 0.0160. The highest BCUT2D eigenvalue weighted by Crippen LogP contribution is 2.33. The molecule has 0 atom stereocenters. The molecule has 9 heteroatoms. The smallest absolute Gasteiger partial charge is 0.336 e. The van der Waals surface area contributed by atoms with Crippen LogP contribution in [0.15, 0.2) is 76.3 Å². The fourth-order valence-corrected chi connectivity index (χ4v) is 5.38. The number of nitrogens with one attached hydrogen (secondary N) is 4. The van der Waals surface area contributed by atoms with E-state index in [0.717, 1.165) is 30.4 Å². The van der Waals surface area contributed by atoms with E-state index >= 15 is 0 Å². The van der Waals surface area contributed by atoms with E-state index in [-0.39, 0.29) is 49.5 Å². The number of aromatic carboxylic acids is 1. The second-order valence-corrected chi connectivity index (χ2v) is 11.9. The topological polar surface area (TPSA) is 152 Å². The van der Waals surface area contributed by atoms with Crippen LogP contribution in [0.2, 0.25) is 0 Å². The predicted molar refractivity (Wildman–Crippen MR) is 175 cm³/mol. The first-order chi connectivity index (χ1) is 20.9. The molecular weight excluding hydrogens is 556 g/mol. The van der Waals surface area contributed by atoms with Crippen LogP contribution in [0.5, 0.6) is 0 Å². The fraction of sp³-hybridized carbons (Fsp3) is 0.229. The van der Waals surface area contributed by atoms with Gasteiger partial charge in [-0.3, -0.25) is 24.8 Å². The number of hydrogen-bond acceptors (Lipinski definition) is 5. The Balaban J connectivity index is 1.67. The standard InChI is InChI=1S/C35H34N4O5/c1-5-6-7-19-8-12-21(13-9-19)37-30(36)29-26(34(43)44)18-25(27-23-16-17-24(28(27)29)32(41)39-31(23)40)33(42)38-22-14-10-20(11-15-22)35(2,3)4/h8-18H,5-7H2,1-4H3,(H2,36,37)(H,38,42)(H,43,44)(H,39,40,41). The number of carbonyl (C=O) groups is 2. The van der Waals surface area contributed by atoms with E-state index in [9.17, 15) is 24.3 Å². The number of anilines is 2. The van der Waals surface area contributed by atoms with Crippen molar-refractivity contribution < 1.29 is 14.7 Å². The molecule has 0 saturated carbocycles. The molecule has 4 aromatic carbocycles. The van der Waals surface area contributed by atoms with Gasteiger partial charge in [-0.1, -0.05) is 58.4 Å². The molecule has 6 rings (SSSR count). The molecule has 0 saturated heterocycles. The van der Waals surface area contributed by atoms with Crippen molar-refractivity contribution in [3.05, 3.63) is 115 Å². The monoisotopic (exact) mass is 590 g/mol. The molecule has 2 bridgehead atoms. The molecule has 2 aromatic heterocycles. The summed E-state index contributed by atoms with van der Waals surface area (Å²) in [4.78, 5) is 54.9. The quantitative estimate of drug-likeness (QED) is 0.103. The van der Waals surface area contributed by atoms with Crippen LogP contribution in [0, 0.1) is 5.41 Å². The molecule has 0 aliphatic carbocycles. The van der Waals surface area contributed by atoms with Gasteiger partial charge in [-0.2, -0.15) is 0 Å². The largest absolute Gasteiger partial charge is 0.478 e. The van der Waals surface area contributed by atoms with E-state index in [1.807, 2.05) is 24.3 Å². The number of aryl methyl sites for hydroxylation is 1. The lowest BCUT2D eigenvalue weighted by molar-refractivity contribution is 0.0697. The maximum atomic E-state index is 13.8. The van der Waals surface area contributed by atoms with Crippen LogP contribution >= 0.6 is 0 Å². The van der Waals surface area contributed by atoms with E-state index < -0.39 is 23.0 Å². The zero-order valence-electron chi connectivity index (χ0n) is 25.1. The summed E-state index contributed by atoms with van der Waals surface area (Å²) in [7, 11) is 0. The number of carboxylic acid groups (broad SMARTS) is 1. The summed E-state index contributed by atoms with van der Waals surface area (Å²) in [6, 6.07) is 18.8. The maximum absolute atomic E-state index is 13.8. The predicted octanol–water partition coefficient (Wildman–Crippen LogP) is 6.51. The average Bonchev–Trinajstić information content (AvgIpc) is 3.18. The number of H-pyrrole nitrogens is 1. The van der Waals surface area contributed by atoms with Gasteiger partial charge in [0.2, 0.25) is 0 Å². The molecule has 1 amide bonds. The number of fused-ring (bicyclic) bond motifs is 3. The Hall–Kier alpha value is -5.31. The zero-order chi connectivity index (χ0) is 31.8. The molecule has 0 radical (unpaired) electrons.